The van der Waals surface area contributed by atoms with E-state index in [-0.39, 0.29) is 17.1 Å². The molecule has 0 aromatic heterocycles. The van der Waals surface area contributed by atoms with Gasteiger partial charge in [-0.3, -0.25) is 0 Å². The van der Waals surface area contributed by atoms with Crippen LogP contribution >= 0.6 is 15.9 Å². The Hall–Kier alpha value is -1.39. The molecule has 4 nitrogen and oxygen atoms in total. The minimum absolute atomic E-state index is 0.0113. The zero-order chi connectivity index (χ0) is 13.3. The first-order chi connectivity index (χ1) is 8.55. The molecule has 0 spiro atoms. The highest BCUT2D eigenvalue weighted by molar-refractivity contribution is 9.10. The van der Waals surface area contributed by atoms with E-state index in [9.17, 15) is 14.3 Å². The molecule has 1 aromatic carbocycles. The Labute approximate surface area is 112 Å². The van der Waals surface area contributed by atoms with Gasteiger partial charge in [-0.25, -0.2) is 9.18 Å². The number of nitrogens with zero attached hydrogens (tertiary/aromatic N) is 1. The monoisotopic (exact) mass is 315 g/mol. The van der Waals surface area contributed by atoms with Gasteiger partial charge in [0.1, 0.15) is 11.4 Å². The van der Waals surface area contributed by atoms with Gasteiger partial charge in [-0.05, 0) is 41.3 Å². The average Bonchev–Trinajstić information content (AvgIpc) is 2.25. The van der Waals surface area contributed by atoms with E-state index in [1.54, 1.807) is 0 Å². The van der Waals surface area contributed by atoms with E-state index < -0.39 is 11.4 Å². The number of rotatable bonds is 3. The number of phenols is 1. The van der Waals surface area contributed by atoms with Crippen molar-refractivity contribution in [1.29, 1.82) is 0 Å². The van der Waals surface area contributed by atoms with Crippen molar-refractivity contribution < 1.29 is 19.0 Å². The zero-order valence-corrected chi connectivity index (χ0v) is 11.3. The van der Waals surface area contributed by atoms with Crippen molar-refractivity contribution in [2.45, 2.75) is 24.8 Å². The summed E-state index contributed by atoms with van der Waals surface area (Å²) in [6.45, 7) is 0. The Bertz CT molecular complexity index is 537. The third kappa shape index (κ3) is 1.82. The van der Waals surface area contributed by atoms with Crippen LogP contribution in [0.1, 0.15) is 24.8 Å². The number of hydrogen-bond donors (Lipinski definition) is 1. The van der Waals surface area contributed by atoms with Crippen LogP contribution in [0.2, 0.25) is 0 Å². The smallest absolute Gasteiger partial charge is 0.235 e. The summed E-state index contributed by atoms with van der Waals surface area (Å²) in [5, 5.41) is 10.1. The zero-order valence-electron chi connectivity index (χ0n) is 9.67. The van der Waals surface area contributed by atoms with E-state index in [2.05, 4.69) is 20.9 Å². The number of aliphatic imine (C=N–C) groups is 1. The van der Waals surface area contributed by atoms with Gasteiger partial charge >= 0.3 is 0 Å². The average molecular weight is 316 g/mol. The molecule has 0 heterocycles. The Kier molecular flexibility index (Phi) is 3.41. The molecular formula is C12H11BrFNO3. The fourth-order valence-corrected chi connectivity index (χ4v) is 2.79. The maximum atomic E-state index is 14.0. The van der Waals surface area contributed by atoms with Crippen LogP contribution in [-0.2, 0) is 10.3 Å². The normalized spacial score (nSPS) is 16.6. The molecule has 0 bridgehead atoms. The Morgan fingerprint density at radius 2 is 2.28 bits per heavy atom. The molecule has 1 aliphatic rings. The van der Waals surface area contributed by atoms with Crippen molar-refractivity contribution in [2.75, 3.05) is 7.11 Å². The van der Waals surface area contributed by atoms with Gasteiger partial charge in [0.2, 0.25) is 6.08 Å². The lowest BCUT2D eigenvalue weighted by molar-refractivity contribution is 0.235. The number of aromatic hydroxyl groups is 1. The maximum Gasteiger partial charge on any atom is 0.235 e. The van der Waals surface area contributed by atoms with Gasteiger partial charge < -0.3 is 9.84 Å². The molecule has 1 N–H and O–H groups in total. The summed E-state index contributed by atoms with van der Waals surface area (Å²) >= 11 is 3.10. The Morgan fingerprint density at radius 3 is 2.72 bits per heavy atom. The lowest BCUT2D eigenvalue weighted by Gasteiger charge is -2.37. The third-order valence-corrected chi connectivity index (χ3v) is 3.86. The highest BCUT2D eigenvalue weighted by Crippen LogP contribution is 2.52. The molecule has 0 atom stereocenters. The van der Waals surface area contributed by atoms with Gasteiger partial charge in [0.25, 0.3) is 0 Å². The summed E-state index contributed by atoms with van der Waals surface area (Å²) in [5.41, 5.74) is -0.985. The fourth-order valence-electron chi connectivity index (χ4n) is 2.24. The Balaban J connectivity index is 2.67. The topological polar surface area (TPSA) is 58.9 Å². The maximum absolute atomic E-state index is 14.0. The molecule has 0 amide bonds. The molecule has 2 rings (SSSR count). The van der Waals surface area contributed by atoms with Gasteiger partial charge in [0.05, 0.1) is 17.1 Å². The first kappa shape index (κ1) is 13.1. The number of phenolic OH excluding ortho intramolecular Hbond substituents is 1. The molecule has 6 heteroatoms. The number of benzene rings is 1. The molecule has 0 unspecified atom stereocenters. The van der Waals surface area contributed by atoms with Crippen LogP contribution in [0.3, 0.4) is 0 Å². The van der Waals surface area contributed by atoms with Gasteiger partial charge in [-0.1, -0.05) is 0 Å². The predicted molar refractivity (Wildman–Crippen MR) is 66.0 cm³/mol. The van der Waals surface area contributed by atoms with Gasteiger partial charge in [-0.2, -0.15) is 4.99 Å². The fraction of sp³-hybridized carbons (Fsp3) is 0.417. The molecule has 18 heavy (non-hydrogen) atoms. The largest absolute Gasteiger partial charge is 0.504 e. The summed E-state index contributed by atoms with van der Waals surface area (Å²) in [6, 6.07) is 1.20. The van der Waals surface area contributed by atoms with Crippen LogP contribution in [0.4, 0.5) is 4.39 Å². The van der Waals surface area contributed by atoms with Crippen molar-refractivity contribution in [3.8, 4) is 11.5 Å². The first-order valence-corrected chi connectivity index (χ1v) is 6.19. The molecule has 1 fully saturated rings. The molecule has 0 aliphatic heterocycles. The Morgan fingerprint density at radius 1 is 1.61 bits per heavy atom. The van der Waals surface area contributed by atoms with Gasteiger partial charge in [0.15, 0.2) is 11.5 Å². The van der Waals surface area contributed by atoms with Crippen molar-refractivity contribution in [2.24, 2.45) is 4.99 Å². The van der Waals surface area contributed by atoms with Crippen molar-refractivity contribution in [3.05, 3.63) is 21.9 Å². The van der Waals surface area contributed by atoms with Gasteiger partial charge in [0, 0.05) is 0 Å². The standard InChI is InChI=1S/C12H11BrFNO3/c1-18-11-7(13)5-8(14)9(10(11)17)12(15-6-16)3-2-4-12/h5,17H,2-4H2,1H3. The second-order valence-electron chi connectivity index (χ2n) is 4.19. The van der Waals surface area contributed by atoms with Crippen molar-refractivity contribution >= 4 is 22.0 Å². The molecule has 1 aromatic rings. The van der Waals surface area contributed by atoms with Crippen LogP contribution in [0.5, 0.6) is 11.5 Å². The van der Waals surface area contributed by atoms with Crippen LogP contribution in [0, 0.1) is 5.82 Å². The molecule has 96 valence electrons. The summed E-state index contributed by atoms with van der Waals surface area (Å²) in [5.74, 6) is -0.791. The molecule has 1 saturated carbocycles. The first-order valence-electron chi connectivity index (χ1n) is 5.40. The predicted octanol–water partition coefficient (Wildman–Crippen LogP) is 3.02. The minimum Gasteiger partial charge on any atom is -0.504 e. The number of hydrogen-bond acceptors (Lipinski definition) is 4. The van der Waals surface area contributed by atoms with Crippen molar-refractivity contribution in [1.82, 2.24) is 0 Å². The van der Waals surface area contributed by atoms with E-state index in [0.29, 0.717) is 17.3 Å². The van der Waals surface area contributed by atoms with Crippen LogP contribution < -0.4 is 4.74 Å². The number of methoxy groups -OCH3 is 1. The molecular weight excluding hydrogens is 305 g/mol. The van der Waals surface area contributed by atoms with Crippen LogP contribution in [0.15, 0.2) is 15.5 Å². The third-order valence-electron chi connectivity index (χ3n) is 3.27. The number of isocyanates is 1. The minimum atomic E-state index is -0.996. The van der Waals surface area contributed by atoms with Crippen LogP contribution in [0.25, 0.3) is 0 Å². The SMILES string of the molecule is COc1c(Br)cc(F)c(C2(N=C=O)CCC2)c1O. The highest BCUT2D eigenvalue weighted by Gasteiger charge is 2.44. The number of ether oxygens (including phenoxy) is 1. The summed E-state index contributed by atoms with van der Waals surface area (Å²) in [7, 11) is 1.37. The van der Waals surface area contributed by atoms with Crippen LogP contribution in [-0.4, -0.2) is 18.3 Å². The summed E-state index contributed by atoms with van der Waals surface area (Å²) < 4.78 is 19.4. The lowest BCUT2D eigenvalue weighted by Crippen LogP contribution is -2.33. The molecule has 0 saturated heterocycles. The quantitative estimate of drug-likeness (QED) is 0.689. The highest BCUT2D eigenvalue weighted by atomic mass is 79.9. The summed E-state index contributed by atoms with van der Waals surface area (Å²) in [4.78, 5) is 14.2. The lowest BCUT2D eigenvalue weighted by atomic mass is 9.71. The van der Waals surface area contributed by atoms with E-state index >= 15 is 0 Å². The van der Waals surface area contributed by atoms with Gasteiger partial charge in [-0.15, -0.1) is 0 Å². The van der Waals surface area contributed by atoms with Crippen molar-refractivity contribution in [3.63, 3.8) is 0 Å². The van der Waals surface area contributed by atoms with E-state index in [1.807, 2.05) is 0 Å². The second-order valence-corrected chi connectivity index (χ2v) is 5.04. The number of carbonyl (C=O) groups excluding carboxylic acids is 1. The second kappa shape index (κ2) is 4.71. The summed E-state index contributed by atoms with van der Waals surface area (Å²) in [6.07, 6.45) is 3.30. The number of halogens is 2. The van der Waals surface area contributed by atoms with E-state index in [0.717, 1.165) is 6.42 Å². The molecule has 1 aliphatic carbocycles. The van der Waals surface area contributed by atoms with E-state index in [4.69, 9.17) is 4.74 Å². The molecule has 0 radical (unpaired) electrons. The van der Waals surface area contributed by atoms with E-state index in [1.165, 1.54) is 19.3 Å².